The summed E-state index contributed by atoms with van der Waals surface area (Å²) in [5.74, 6) is -0.144. The van der Waals surface area contributed by atoms with Crippen LogP contribution in [0.25, 0.3) is 0 Å². The van der Waals surface area contributed by atoms with Crippen molar-refractivity contribution < 1.29 is 18.7 Å². The number of nitrogens with one attached hydrogen (secondary N) is 1. The zero-order chi connectivity index (χ0) is 17.2. The molecule has 1 aliphatic carbocycles. The summed E-state index contributed by atoms with van der Waals surface area (Å²) in [7, 11) is 1.49. The van der Waals surface area contributed by atoms with Gasteiger partial charge in [0.1, 0.15) is 17.1 Å². The van der Waals surface area contributed by atoms with Crippen LogP contribution in [0.15, 0.2) is 18.2 Å². The SMILES string of the molecule is COc1ccc(F)cc1CN1C(=O)NC2(CCCCCCC2)C1=O. The van der Waals surface area contributed by atoms with E-state index in [4.69, 9.17) is 4.74 Å². The molecular formula is C18H23FN2O3. The summed E-state index contributed by atoms with van der Waals surface area (Å²) < 4.78 is 18.8. The largest absolute Gasteiger partial charge is 0.496 e. The van der Waals surface area contributed by atoms with Crippen LogP contribution in [0.2, 0.25) is 0 Å². The molecule has 3 rings (SSSR count). The first-order chi connectivity index (χ1) is 11.6. The van der Waals surface area contributed by atoms with E-state index in [-0.39, 0.29) is 12.5 Å². The monoisotopic (exact) mass is 334 g/mol. The van der Waals surface area contributed by atoms with Crippen LogP contribution in [0.1, 0.15) is 50.5 Å². The maximum absolute atomic E-state index is 13.5. The topological polar surface area (TPSA) is 58.6 Å². The molecule has 1 aromatic carbocycles. The van der Waals surface area contributed by atoms with Crippen LogP contribution in [0.4, 0.5) is 9.18 Å². The van der Waals surface area contributed by atoms with E-state index in [1.165, 1.54) is 36.6 Å². The Balaban J connectivity index is 1.83. The second-order valence-electron chi connectivity index (χ2n) is 6.63. The number of imide groups is 1. The van der Waals surface area contributed by atoms with Crippen molar-refractivity contribution in [2.24, 2.45) is 0 Å². The van der Waals surface area contributed by atoms with Gasteiger partial charge < -0.3 is 10.1 Å². The second kappa shape index (κ2) is 6.79. The highest BCUT2D eigenvalue weighted by Crippen LogP contribution is 2.33. The van der Waals surface area contributed by atoms with Crippen molar-refractivity contribution in [3.8, 4) is 5.75 Å². The molecule has 0 unspecified atom stereocenters. The van der Waals surface area contributed by atoms with Crippen LogP contribution in [0.5, 0.6) is 5.75 Å². The Morgan fingerprint density at radius 1 is 1.17 bits per heavy atom. The van der Waals surface area contributed by atoms with Crippen molar-refractivity contribution in [2.45, 2.75) is 57.0 Å². The Morgan fingerprint density at radius 3 is 2.50 bits per heavy atom. The molecule has 2 aliphatic rings. The fourth-order valence-electron chi connectivity index (χ4n) is 3.71. The molecule has 0 aromatic heterocycles. The van der Waals surface area contributed by atoms with Crippen molar-refractivity contribution in [3.63, 3.8) is 0 Å². The van der Waals surface area contributed by atoms with Crippen LogP contribution in [-0.4, -0.2) is 29.5 Å². The van der Waals surface area contributed by atoms with Gasteiger partial charge in [0.15, 0.2) is 0 Å². The van der Waals surface area contributed by atoms with Crippen LogP contribution < -0.4 is 10.1 Å². The van der Waals surface area contributed by atoms with E-state index < -0.39 is 17.4 Å². The summed E-state index contributed by atoms with van der Waals surface area (Å²) in [5.41, 5.74) is -0.290. The maximum atomic E-state index is 13.5. The first kappa shape index (κ1) is 16.7. The molecule has 6 heteroatoms. The number of halogens is 1. The summed E-state index contributed by atoms with van der Waals surface area (Å²) in [5, 5.41) is 2.91. The highest BCUT2D eigenvalue weighted by Gasteiger charge is 2.50. The molecule has 3 amide bonds. The summed E-state index contributed by atoms with van der Waals surface area (Å²) in [6.45, 7) is 0.0212. The fraction of sp³-hybridized carbons (Fsp3) is 0.556. The minimum atomic E-state index is -0.780. The van der Waals surface area contributed by atoms with E-state index in [1.807, 2.05) is 0 Å². The van der Waals surface area contributed by atoms with Crippen molar-refractivity contribution in [1.82, 2.24) is 10.2 Å². The molecular weight excluding hydrogens is 311 g/mol. The number of carbonyl (C=O) groups is 2. The lowest BCUT2D eigenvalue weighted by atomic mass is 9.84. The highest BCUT2D eigenvalue weighted by molar-refractivity contribution is 6.07. The van der Waals surface area contributed by atoms with Gasteiger partial charge >= 0.3 is 6.03 Å². The lowest BCUT2D eigenvalue weighted by molar-refractivity contribution is -0.132. The molecule has 130 valence electrons. The minimum absolute atomic E-state index is 0.0212. The van der Waals surface area contributed by atoms with Gasteiger partial charge in [0.25, 0.3) is 5.91 Å². The van der Waals surface area contributed by atoms with Crippen molar-refractivity contribution in [3.05, 3.63) is 29.6 Å². The average Bonchev–Trinajstić information content (AvgIpc) is 2.76. The zero-order valence-electron chi connectivity index (χ0n) is 13.9. The predicted octanol–water partition coefficient (Wildman–Crippen LogP) is 3.37. The van der Waals surface area contributed by atoms with Gasteiger partial charge in [0.2, 0.25) is 0 Å². The number of hydrogen-bond acceptors (Lipinski definition) is 3. The summed E-state index contributed by atoms with van der Waals surface area (Å²) in [6.07, 6.45) is 6.57. The second-order valence-corrected chi connectivity index (χ2v) is 6.63. The highest BCUT2D eigenvalue weighted by atomic mass is 19.1. The lowest BCUT2D eigenvalue weighted by Gasteiger charge is -2.28. The minimum Gasteiger partial charge on any atom is -0.496 e. The van der Waals surface area contributed by atoms with E-state index in [1.54, 1.807) is 0 Å². The van der Waals surface area contributed by atoms with Gasteiger partial charge in [0, 0.05) is 5.56 Å². The van der Waals surface area contributed by atoms with Gasteiger partial charge in [-0.15, -0.1) is 0 Å². The molecule has 0 atom stereocenters. The lowest BCUT2D eigenvalue weighted by Crippen LogP contribution is -2.47. The molecule has 1 aliphatic heterocycles. The molecule has 1 heterocycles. The van der Waals surface area contributed by atoms with Gasteiger partial charge in [-0.1, -0.05) is 32.1 Å². The van der Waals surface area contributed by atoms with Crippen LogP contribution in [-0.2, 0) is 11.3 Å². The first-order valence-corrected chi connectivity index (χ1v) is 8.52. The van der Waals surface area contributed by atoms with E-state index >= 15 is 0 Å². The van der Waals surface area contributed by atoms with E-state index in [9.17, 15) is 14.0 Å². The molecule has 1 saturated heterocycles. The third-order valence-corrected chi connectivity index (χ3v) is 5.02. The quantitative estimate of drug-likeness (QED) is 0.862. The number of rotatable bonds is 3. The number of benzene rings is 1. The molecule has 1 aromatic rings. The Kier molecular flexibility index (Phi) is 4.73. The molecule has 5 nitrogen and oxygen atoms in total. The molecule has 1 N–H and O–H groups in total. The third kappa shape index (κ3) is 3.09. The predicted molar refractivity (Wildman–Crippen MR) is 87.1 cm³/mol. The average molecular weight is 334 g/mol. The number of ether oxygens (including phenoxy) is 1. The van der Waals surface area contributed by atoms with E-state index in [2.05, 4.69) is 5.32 Å². The van der Waals surface area contributed by atoms with E-state index in [0.717, 1.165) is 25.7 Å². The zero-order valence-corrected chi connectivity index (χ0v) is 13.9. The molecule has 24 heavy (non-hydrogen) atoms. The van der Waals surface area contributed by atoms with Gasteiger partial charge in [-0.25, -0.2) is 9.18 Å². The van der Waals surface area contributed by atoms with Gasteiger partial charge in [-0.05, 0) is 31.0 Å². The summed E-state index contributed by atoms with van der Waals surface area (Å²) in [4.78, 5) is 26.6. The van der Waals surface area contributed by atoms with E-state index in [0.29, 0.717) is 24.2 Å². The molecule has 1 saturated carbocycles. The van der Waals surface area contributed by atoms with Crippen LogP contribution in [0.3, 0.4) is 0 Å². The molecule has 0 radical (unpaired) electrons. The fourth-order valence-corrected chi connectivity index (χ4v) is 3.71. The number of amides is 3. The Bertz CT molecular complexity index is 639. The number of carbonyl (C=O) groups excluding carboxylic acids is 2. The third-order valence-electron chi connectivity index (χ3n) is 5.02. The Morgan fingerprint density at radius 2 is 1.83 bits per heavy atom. The summed E-state index contributed by atoms with van der Waals surface area (Å²) >= 11 is 0. The molecule has 1 spiro atoms. The standard InChI is InChI=1S/C18H23FN2O3/c1-24-15-8-7-14(19)11-13(15)12-21-16(22)18(20-17(21)23)9-5-3-2-4-6-10-18/h7-8,11H,2-6,9-10,12H2,1H3,(H,20,23). The van der Waals surface area contributed by atoms with Crippen molar-refractivity contribution in [1.29, 1.82) is 0 Å². The van der Waals surface area contributed by atoms with Crippen LogP contribution in [0, 0.1) is 5.82 Å². The Hall–Kier alpha value is -2.11. The molecule has 2 fully saturated rings. The number of hydrogen-bond donors (Lipinski definition) is 1. The summed E-state index contributed by atoms with van der Waals surface area (Å²) in [6, 6.07) is 3.72. The van der Waals surface area contributed by atoms with Gasteiger partial charge in [-0.3, -0.25) is 9.69 Å². The number of urea groups is 1. The number of methoxy groups -OCH3 is 1. The Labute approximate surface area is 141 Å². The molecule has 0 bridgehead atoms. The maximum Gasteiger partial charge on any atom is 0.325 e. The van der Waals surface area contributed by atoms with Crippen molar-refractivity contribution >= 4 is 11.9 Å². The van der Waals surface area contributed by atoms with Gasteiger partial charge in [-0.2, -0.15) is 0 Å². The number of nitrogens with zero attached hydrogens (tertiary/aromatic N) is 1. The normalized spacial score (nSPS) is 20.7. The van der Waals surface area contributed by atoms with Crippen LogP contribution >= 0.6 is 0 Å². The smallest absolute Gasteiger partial charge is 0.325 e. The van der Waals surface area contributed by atoms with Crippen molar-refractivity contribution in [2.75, 3.05) is 7.11 Å². The first-order valence-electron chi connectivity index (χ1n) is 8.52. The van der Waals surface area contributed by atoms with Gasteiger partial charge in [0.05, 0.1) is 13.7 Å².